The summed E-state index contributed by atoms with van der Waals surface area (Å²) in [5.41, 5.74) is 0. The van der Waals surface area contributed by atoms with Crippen LogP contribution >= 0.6 is 11.8 Å². The molecular formula is C5H10NOS+. The first-order chi connectivity index (χ1) is 3.66. The molecule has 0 aromatic rings. The molecule has 0 bridgehead atoms. The minimum Gasteiger partial charge on any atom is -0.287 e. The number of carbonyl (C=O) groups excluding carboxylic acids is 1. The van der Waals surface area contributed by atoms with E-state index in [9.17, 15) is 4.79 Å². The molecule has 0 aromatic heterocycles. The fourth-order valence-electron chi connectivity index (χ4n) is 0.257. The van der Waals surface area contributed by atoms with Gasteiger partial charge in [0.15, 0.2) is 5.12 Å². The van der Waals surface area contributed by atoms with Crippen molar-refractivity contribution in [2.24, 2.45) is 0 Å². The highest BCUT2D eigenvalue weighted by atomic mass is 32.2. The van der Waals surface area contributed by atoms with E-state index in [1.807, 2.05) is 6.92 Å². The lowest BCUT2D eigenvalue weighted by Crippen LogP contribution is -2.37. The summed E-state index contributed by atoms with van der Waals surface area (Å²) in [5, 5.41) is 6.08. The molecule has 0 spiro atoms. The van der Waals surface area contributed by atoms with Gasteiger partial charge in [-0.1, -0.05) is 6.92 Å². The third kappa shape index (κ3) is 3.87. The lowest BCUT2D eigenvalue weighted by atomic mass is 10.5. The van der Waals surface area contributed by atoms with Gasteiger partial charge in [0.1, 0.15) is 0 Å². The molecule has 3 heteroatoms. The predicted octanol–water partition coefficient (Wildman–Crippen LogP) is -0.166. The van der Waals surface area contributed by atoms with E-state index in [1.54, 1.807) is 0 Å². The van der Waals surface area contributed by atoms with Crippen molar-refractivity contribution in [3.63, 3.8) is 0 Å². The quantitative estimate of drug-likeness (QED) is 0.398. The Morgan fingerprint density at radius 3 is 2.38 bits per heavy atom. The van der Waals surface area contributed by atoms with Crippen molar-refractivity contribution >= 4 is 21.9 Å². The van der Waals surface area contributed by atoms with Gasteiger partial charge in [0.2, 0.25) is 5.04 Å². The molecule has 0 fully saturated rings. The number of hydrogen-bond acceptors (Lipinski definition) is 2. The molecule has 0 aliphatic rings. The van der Waals surface area contributed by atoms with Crippen LogP contribution in [0.1, 0.15) is 20.3 Å². The lowest BCUT2D eigenvalue weighted by Gasteiger charge is -1.84. The van der Waals surface area contributed by atoms with E-state index in [2.05, 4.69) is 0 Å². The average molecular weight is 132 g/mol. The summed E-state index contributed by atoms with van der Waals surface area (Å²) in [5.74, 6) is 0. The number of carbonyl (C=O) groups is 1. The summed E-state index contributed by atoms with van der Waals surface area (Å²) in [7, 11) is 0. The molecular weight excluding hydrogens is 122 g/mol. The van der Waals surface area contributed by atoms with Gasteiger partial charge in [-0.25, -0.2) is 0 Å². The SMILES string of the molecule is CCC(=[NH2+])SC(C)=O. The average Bonchev–Trinajstić information content (AvgIpc) is 1.65. The monoisotopic (exact) mass is 132 g/mol. The van der Waals surface area contributed by atoms with Crippen LogP contribution in [0.15, 0.2) is 0 Å². The Kier molecular flexibility index (Phi) is 3.52. The first kappa shape index (κ1) is 7.69. The van der Waals surface area contributed by atoms with Crippen LogP contribution in [0.25, 0.3) is 0 Å². The fraction of sp³-hybridized carbons (Fsp3) is 0.600. The third-order valence-electron chi connectivity index (χ3n) is 0.623. The molecule has 2 N–H and O–H groups in total. The largest absolute Gasteiger partial charge is 0.287 e. The molecule has 0 unspecified atom stereocenters. The molecule has 0 saturated carbocycles. The molecule has 0 aliphatic heterocycles. The molecule has 2 nitrogen and oxygen atoms in total. The molecule has 8 heavy (non-hydrogen) atoms. The molecule has 0 aromatic carbocycles. The Balaban J connectivity index is 3.40. The van der Waals surface area contributed by atoms with E-state index in [0.717, 1.165) is 18.2 Å². The molecule has 0 rings (SSSR count). The number of rotatable bonds is 1. The maximum atomic E-state index is 10.3. The van der Waals surface area contributed by atoms with E-state index in [-0.39, 0.29) is 5.12 Å². The van der Waals surface area contributed by atoms with E-state index >= 15 is 0 Å². The van der Waals surface area contributed by atoms with E-state index in [1.165, 1.54) is 6.92 Å². The summed E-state index contributed by atoms with van der Waals surface area (Å²) in [6.07, 6.45) is 0.768. The smallest absolute Gasteiger partial charge is 0.214 e. The van der Waals surface area contributed by atoms with Gasteiger partial charge in [-0.3, -0.25) is 10.2 Å². The molecule has 0 atom stereocenters. The lowest BCUT2D eigenvalue weighted by molar-refractivity contribution is -0.112. The van der Waals surface area contributed by atoms with E-state index in [4.69, 9.17) is 5.41 Å². The highest BCUT2D eigenvalue weighted by molar-refractivity contribution is 8.26. The second-order valence-electron chi connectivity index (χ2n) is 1.41. The molecule has 0 radical (unpaired) electrons. The van der Waals surface area contributed by atoms with Gasteiger partial charge < -0.3 is 0 Å². The van der Waals surface area contributed by atoms with Crippen LogP contribution < -0.4 is 5.41 Å². The summed E-state index contributed by atoms with van der Waals surface area (Å²) in [6, 6.07) is 0. The zero-order chi connectivity index (χ0) is 6.57. The summed E-state index contributed by atoms with van der Waals surface area (Å²) < 4.78 is 0. The Morgan fingerprint density at radius 1 is 1.75 bits per heavy atom. The number of hydrogen-bond donors (Lipinski definition) is 1. The normalized spacial score (nSPS) is 8.75. The standard InChI is InChI=1S/C5H9NOS/c1-3-5(6)8-4(2)7/h6H,3H2,1-2H3/p+1. The first-order valence-electron chi connectivity index (χ1n) is 2.46. The van der Waals surface area contributed by atoms with Gasteiger partial charge in [-0.05, 0) is 0 Å². The van der Waals surface area contributed by atoms with Crippen LogP contribution in [0.3, 0.4) is 0 Å². The van der Waals surface area contributed by atoms with Gasteiger partial charge in [0.25, 0.3) is 0 Å². The maximum absolute atomic E-state index is 10.3. The maximum Gasteiger partial charge on any atom is 0.214 e. The topological polar surface area (TPSA) is 42.7 Å². The highest BCUT2D eigenvalue weighted by Crippen LogP contribution is 2.02. The second-order valence-corrected chi connectivity index (χ2v) is 2.72. The summed E-state index contributed by atoms with van der Waals surface area (Å²) >= 11 is 1.11. The number of thioether (sulfide) groups is 1. The molecule has 0 amide bonds. The number of nitrogens with two attached hydrogens (primary N) is 1. The van der Waals surface area contributed by atoms with Crippen molar-refractivity contribution in [3.8, 4) is 0 Å². The van der Waals surface area contributed by atoms with Crippen molar-refractivity contribution < 1.29 is 10.2 Å². The Hall–Kier alpha value is -0.310. The first-order valence-corrected chi connectivity index (χ1v) is 3.28. The fourth-order valence-corrected chi connectivity index (χ4v) is 0.770. The van der Waals surface area contributed by atoms with Crippen LogP contribution in [0, 0.1) is 0 Å². The van der Waals surface area contributed by atoms with Gasteiger partial charge in [0, 0.05) is 25.1 Å². The molecule has 0 heterocycles. The van der Waals surface area contributed by atoms with Crippen molar-refractivity contribution in [1.29, 1.82) is 0 Å². The van der Waals surface area contributed by atoms with Crippen LogP contribution in [-0.4, -0.2) is 10.2 Å². The van der Waals surface area contributed by atoms with Crippen LogP contribution in [0.4, 0.5) is 0 Å². The van der Waals surface area contributed by atoms with Crippen molar-refractivity contribution in [2.75, 3.05) is 0 Å². The Morgan fingerprint density at radius 2 is 2.25 bits per heavy atom. The molecule has 0 aliphatic carbocycles. The van der Waals surface area contributed by atoms with Gasteiger partial charge in [0.05, 0.1) is 0 Å². The summed E-state index contributed by atoms with van der Waals surface area (Å²) in [4.78, 5) is 10.3. The third-order valence-corrected chi connectivity index (χ3v) is 1.46. The van der Waals surface area contributed by atoms with Crippen LogP contribution in [0.2, 0.25) is 0 Å². The second kappa shape index (κ2) is 3.66. The highest BCUT2D eigenvalue weighted by Gasteiger charge is 2.02. The van der Waals surface area contributed by atoms with E-state index < -0.39 is 0 Å². The van der Waals surface area contributed by atoms with E-state index in [0.29, 0.717) is 5.04 Å². The van der Waals surface area contributed by atoms with Gasteiger partial charge in [-0.15, -0.1) is 0 Å². The molecule has 0 saturated heterocycles. The van der Waals surface area contributed by atoms with Gasteiger partial charge >= 0.3 is 0 Å². The summed E-state index contributed by atoms with van der Waals surface area (Å²) in [6.45, 7) is 3.43. The minimum absolute atomic E-state index is 0.0596. The van der Waals surface area contributed by atoms with Crippen molar-refractivity contribution in [1.82, 2.24) is 0 Å². The van der Waals surface area contributed by atoms with Crippen molar-refractivity contribution in [3.05, 3.63) is 0 Å². The van der Waals surface area contributed by atoms with Crippen LogP contribution in [0.5, 0.6) is 0 Å². The minimum atomic E-state index is 0.0596. The van der Waals surface area contributed by atoms with Crippen LogP contribution in [-0.2, 0) is 4.79 Å². The predicted molar refractivity (Wildman–Crippen MR) is 35.5 cm³/mol. The zero-order valence-electron chi connectivity index (χ0n) is 5.10. The molecule has 46 valence electrons. The Bertz CT molecular complexity index is 111. The van der Waals surface area contributed by atoms with Gasteiger partial charge in [-0.2, -0.15) is 0 Å². The van der Waals surface area contributed by atoms with Crippen molar-refractivity contribution in [2.45, 2.75) is 20.3 Å². The Labute approximate surface area is 53.2 Å². The zero-order valence-corrected chi connectivity index (χ0v) is 5.92.